The molecule has 4 rings (SSSR count). The maximum Gasteiger partial charge on any atom is 0.166 e. The van der Waals surface area contributed by atoms with Gasteiger partial charge in [-0.25, -0.2) is 9.97 Å². The molecule has 0 saturated heterocycles. The van der Waals surface area contributed by atoms with Crippen molar-refractivity contribution < 1.29 is 5.11 Å². The predicted octanol–water partition coefficient (Wildman–Crippen LogP) is 2.59. The molecule has 4 aromatic rings. The fourth-order valence-electron chi connectivity index (χ4n) is 2.53. The smallest absolute Gasteiger partial charge is 0.166 e. The van der Waals surface area contributed by atoms with Gasteiger partial charge in [0.1, 0.15) is 18.1 Å². The molecule has 7 nitrogen and oxygen atoms in total. The minimum absolute atomic E-state index is 0.123. The molecule has 0 unspecified atom stereocenters. The summed E-state index contributed by atoms with van der Waals surface area (Å²) in [5.74, 6) is 1.19. The molecule has 3 aromatic heterocycles. The summed E-state index contributed by atoms with van der Waals surface area (Å²) in [6.07, 6.45) is 3.55. The van der Waals surface area contributed by atoms with Crippen molar-refractivity contribution in [1.29, 1.82) is 0 Å². The highest BCUT2D eigenvalue weighted by Gasteiger charge is 2.16. The van der Waals surface area contributed by atoms with Gasteiger partial charge in [0.05, 0.1) is 21.7 Å². The Morgan fingerprint density at radius 2 is 2.22 bits per heavy atom. The van der Waals surface area contributed by atoms with Crippen LogP contribution in [0.5, 0.6) is 0 Å². The van der Waals surface area contributed by atoms with Crippen LogP contribution in [0.15, 0.2) is 30.6 Å². The van der Waals surface area contributed by atoms with Crippen LogP contribution in [0.2, 0.25) is 5.02 Å². The number of H-pyrrole nitrogens is 2. The first-order valence-electron chi connectivity index (χ1n) is 7.01. The Balaban J connectivity index is 1.85. The van der Waals surface area contributed by atoms with E-state index in [0.29, 0.717) is 22.4 Å². The Labute approximate surface area is 136 Å². The van der Waals surface area contributed by atoms with E-state index >= 15 is 0 Å². The molecular formula is C15H13ClN6O. The van der Waals surface area contributed by atoms with Crippen molar-refractivity contribution in [3.63, 3.8) is 0 Å². The first kappa shape index (κ1) is 14.0. The molecule has 1 aromatic carbocycles. The fourth-order valence-corrected chi connectivity index (χ4v) is 2.69. The highest BCUT2D eigenvalue weighted by atomic mass is 35.5. The van der Waals surface area contributed by atoms with E-state index in [1.54, 1.807) is 6.20 Å². The lowest BCUT2D eigenvalue weighted by Crippen LogP contribution is -1.97. The molecule has 0 aliphatic rings. The van der Waals surface area contributed by atoms with E-state index < -0.39 is 0 Å². The van der Waals surface area contributed by atoms with Crippen molar-refractivity contribution in [3.05, 3.63) is 47.1 Å². The van der Waals surface area contributed by atoms with Crippen LogP contribution < -0.4 is 0 Å². The van der Waals surface area contributed by atoms with Gasteiger partial charge in [-0.1, -0.05) is 11.6 Å². The number of halogens is 1. The topological polar surface area (TPSA) is 95.4 Å². The molecule has 0 aliphatic carbocycles. The van der Waals surface area contributed by atoms with Crippen LogP contribution in [0.1, 0.15) is 11.5 Å². The normalized spacial score (nSPS) is 11.4. The fraction of sp³-hybridized carbons (Fsp3) is 0.133. The molecular weight excluding hydrogens is 316 g/mol. The third-order valence-electron chi connectivity index (χ3n) is 3.67. The molecule has 0 spiro atoms. The van der Waals surface area contributed by atoms with Crippen molar-refractivity contribution >= 4 is 22.6 Å². The molecule has 0 saturated carbocycles. The van der Waals surface area contributed by atoms with Crippen molar-refractivity contribution in [2.24, 2.45) is 0 Å². The second-order valence-corrected chi connectivity index (χ2v) is 5.55. The number of benzene rings is 1. The lowest BCUT2D eigenvalue weighted by molar-refractivity contribution is 0.273. The van der Waals surface area contributed by atoms with Gasteiger partial charge in [-0.05, 0) is 25.1 Å². The Morgan fingerprint density at radius 3 is 2.96 bits per heavy atom. The van der Waals surface area contributed by atoms with Crippen LogP contribution >= 0.6 is 11.6 Å². The number of nitrogens with one attached hydrogen (secondary N) is 2. The SMILES string of the molecule is Cc1[nH]nc(-c2nccn2-c2ccc3nc(CO)[nH]c3c2)c1Cl. The zero-order valence-corrected chi connectivity index (χ0v) is 13.0. The Bertz CT molecular complexity index is 999. The van der Waals surface area contributed by atoms with Gasteiger partial charge in [0.2, 0.25) is 0 Å². The first-order valence-corrected chi connectivity index (χ1v) is 7.39. The predicted molar refractivity (Wildman–Crippen MR) is 86.5 cm³/mol. The summed E-state index contributed by atoms with van der Waals surface area (Å²) in [6, 6.07) is 5.77. The molecule has 0 bridgehead atoms. The highest BCUT2D eigenvalue weighted by Crippen LogP contribution is 2.29. The largest absolute Gasteiger partial charge is 0.388 e. The third-order valence-corrected chi connectivity index (χ3v) is 4.13. The molecule has 0 amide bonds. The minimum atomic E-state index is -0.123. The van der Waals surface area contributed by atoms with E-state index in [4.69, 9.17) is 11.6 Å². The third kappa shape index (κ3) is 2.21. The second-order valence-electron chi connectivity index (χ2n) is 5.18. The van der Waals surface area contributed by atoms with Crippen LogP contribution in [0.25, 0.3) is 28.2 Å². The number of aliphatic hydroxyl groups excluding tert-OH is 1. The van der Waals surface area contributed by atoms with Crippen molar-refractivity contribution in [3.8, 4) is 17.2 Å². The number of hydrogen-bond donors (Lipinski definition) is 3. The lowest BCUT2D eigenvalue weighted by atomic mass is 10.2. The first-order chi connectivity index (χ1) is 11.2. The summed E-state index contributed by atoms with van der Waals surface area (Å²) in [4.78, 5) is 11.7. The van der Waals surface area contributed by atoms with Gasteiger partial charge < -0.3 is 10.1 Å². The van der Waals surface area contributed by atoms with Gasteiger partial charge in [0.25, 0.3) is 0 Å². The molecule has 3 heterocycles. The lowest BCUT2D eigenvalue weighted by Gasteiger charge is -2.06. The summed E-state index contributed by atoms with van der Waals surface area (Å²) in [7, 11) is 0. The zero-order valence-electron chi connectivity index (χ0n) is 12.2. The summed E-state index contributed by atoms with van der Waals surface area (Å²) in [5.41, 5.74) is 3.95. The van der Waals surface area contributed by atoms with E-state index in [0.717, 1.165) is 22.4 Å². The van der Waals surface area contributed by atoms with Gasteiger partial charge in [-0.2, -0.15) is 5.10 Å². The molecule has 0 fully saturated rings. The minimum Gasteiger partial charge on any atom is -0.388 e. The number of fused-ring (bicyclic) bond motifs is 1. The van der Waals surface area contributed by atoms with E-state index in [1.807, 2.05) is 35.9 Å². The summed E-state index contributed by atoms with van der Waals surface area (Å²) in [5, 5.41) is 16.8. The van der Waals surface area contributed by atoms with Crippen molar-refractivity contribution in [2.75, 3.05) is 0 Å². The molecule has 116 valence electrons. The second kappa shape index (κ2) is 5.22. The number of rotatable bonds is 3. The van der Waals surface area contributed by atoms with Gasteiger partial charge in [0.15, 0.2) is 5.82 Å². The number of imidazole rings is 2. The molecule has 0 aliphatic heterocycles. The molecule has 23 heavy (non-hydrogen) atoms. The maximum absolute atomic E-state index is 9.18. The van der Waals surface area contributed by atoms with Gasteiger partial charge in [-0.3, -0.25) is 9.67 Å². The molecule has 0 radical (unpaired) electrons. The number of aryl methyl sites for hydroxylation is 1. The Kier molecular flexibility index (Phi) is 3.17. The van der Waals surface area contributed by atoms with Gasteiger partial charge >= 0.3 is 0 Å². The number of aliphatic hydroxyl groups is 1. The van der Waals surface area contributed by atoms with Crippen LogP contribution in [-0.4, -0.2) is 34.8 Å². The van der Waals surface area contributed by atoms with Crippen LogP contribution in [0, 0.1) is 6.92 Å². The summed E-state index contributed by atoms with van der Waals surface area (Å²) < 4.78 is 1.90. The molecule has 0 atom stereocenters. The van der Waals surface area contributed by atoms with Crippen molar-refractivity contribution in [2.45, 2.75) is 13.5 Å². The quantitative estimate of drug-likeness (QED) is 0.538. The average molecular weight is 329 g/mol. The van der Waals surface area contributed by atoms with E-state index in [9.17, 15) is 5.11 Å². The van der Waals surface area contributed by atoms with Gasteiger partial charge in [0, 0.05) is 18.1 Å². The monoisotopic (exact) mass is 328 g/mol. The van der Waals surface area contributed by atoms with Crippen LogP contribution in [0.3, 0.4) is 0 Å². The number of hydrogen-bond acceptors (Lipinski definition) is 4. The number of aromatic amines is 2. The Hall–Kier alpha value is -2.64. The summed E-state index contributed by atoms with van der Waals surface area (Å²) >= 11 is 6.29. The number of aromatic nitrogens is 6. The van der Waals surface area contributed by atoms with Crippen LogP contribution in [-0.2, 0) is 6.61 Å². The van der Waals surface area contributed by atoms with E-state index in [1.165, 1.54) is 0 Å². The summed E-state index contributed by atoms with van der Waals surface area (Å²) in [6.45, 7) is 1.74. The van der Waals surface area contributed by atoms with E-state index in [2.05, 4.69) is 25.1 Å². The Morgan fingerprint density at radius 1 is 1.35 bits per heavy atom. The molecule has 8 heteroatoms. The van der Waals surface area contributed by atoms with E-state index in [-0.39, 0.29) is 6.61 Å². The van der Waals surface area contributed by atoms with Gasteiger partial charge in [-0.15, -0.1) is 0 Å². The molecule has 3 N–H and O–H groups in total. The van der Waals surface area contributed by atoms with Crippen LogP contribution in [0.4, 0.5) is 0 Å². The standard InChI is InChI=1S/C15H13ClN6O/c1-8-13(16)14(21-20-8)15-17-4-5-22(15)9-2-3-10-11(6-9)19-12(7-23)18-10/h2-6,23H,7H2,1H3,(H,18,19)(H,20,21). The zero-order chi connectivity index (χ0) is 16.0. The van der Waals surface area contributed by atoms with Crippen molar-refractivity contribution in [1.82, 2.24) is 29.7 Å². The highest BCUT2D eigenvalue weighted by molar-refractivity contribution is 6.33. The average Bonchev–Trinajstić information content (AvgIpc) is 3.26. The number of nitrogens with zero attached hydrogens (tertiary/aromatic N) is 4. The maximum atomic E-state index is 9.18.